The van der Waals surface area contributed by atoms with Crippen LogP contribution in [0.5, 0.6) is 0 Å². The Morgan fingerprint density at radius 2 is 1.59 bits per heavy atom. The molecule has 1 fully saturated rings. The molecule has 2 aliphatic rings. The van der Waals surface area contributed by atoms with E-state index in [-0.39, 0.29) is 5.82 Å². The van der Waals surface area contributed by atoms with Crippen molar-refractivity contribution in [2.45, 2.75) is 18.4 Å². The van der Waals surface area contributed by atoms with Gasteiger partial charge in [0.25, 0.3) is 0 Å². The number of nitrogens with zero attached hydrogens (tertiary/aromatic N) is 1. The van der Waals surface area contributed by atoms with Gasteiger partial charge in [-0.15, -0.1) is 0 Å². The van der Waals surface area contributed by atoms with Gasteiger partial charge < -0.3 is 5.32 Å². The Bertz CT molecular complexity index is 647. The molecule has 2 atom stereocenters. The van der Waals surface area contributed by atoms with E-state index in [1.807, 2.05) is 12.1 Å². The van der Waals surface area contributed by atoms with Gasteiger partial charge in [0.15, 0.2) is 0 Å². The van der Waals surface area contributed by atoms with Crippen LogP contribution < -0.4 is 5.32 Å². The summed E-state index contributed by atoms with van der Waals surface area (Å²) in [7, 11) is 0. The minimum atomic E-state index is -0.159. The Hall–Kier alpha value is -1.71. The monoisotopic (exact) mass is 296 g/mol. The highest BCUT2D eigenvalue weighted by Crippen LogP contribution is 2.46. The fourth-order valence-electron chi connectivity index (χ4n) is 3.96. The largest absolute Gasteiger partial charge is 0.314 e. The average molecular weight is 296 g/mol. The van der Waals surface area contributed by atoms with Crippen LogP contribution in [-0.2, 0) is 0 Å². The molecule has 2 aromatic rings. The summed E-state index contributed by atoms with van der Waals surface area (Å²) in [4.78, 5) is 2.60. The highest BCUT2D eigenvalue weighted by Gasteiger charge is 2.35. The van der Waals surface area contributed by atoms with E-state index in [9.17, 15) is 4.39 Å². The van der Waals surface area contributed by atoms with Gasteiger partial charge in [-0.2, -0.15) is 0 Å². The molecule has 1 aliphatic carbocycles. The van der Waals surface area contributed by atoms with Crippen molar-refractivity contribution in [3.05, 3.63) is 71.0 Å². The number of nitrogens with one attached hydrogen (secondary N) is 1. The zero-order chi connectivity index (χ0) is 14.9. The van der Waals surface area contributed by atoms with Gasteiger partial charge in [-0.3, -0.25) is 4.90 Å². The molecule has 0 saturated carbocycles. The van der Waals surface area contributed by atoms with E-state index >= 15 is 0 Å². The van der Waals surface area contributed by atoms with Crippen molar-refractivity contribution < 1.29 is 4.39 Å². The molecule has 0 unspecified atom stereocenters. The smallest absolute Gasteiger partial charge is 0.123 e. The van der Waals surface area contributed by atoms with E-state index in [1.165, 1.54) is 16.7 Å². The van der Waals surface area contributed by atoms with Crippen molar-refractivity contribution in [2.75, 3.05) is 26.2 Å². The van der Waals surface area contributed by atoms with E-state index in [0.29, 0.717) is 12.0 Å². The second kappa shape index (κ2) is 5.82. The average Bonchev–Trinajstić information content (AvgIpc) is 2.96. The molecule has 4 rings (SSSR count). The fraction of sp³-hybridized carbons (Fsp3) is 0.368. The molecular weight excluding hydrogens is 275 g/mol. The summed E-state index contributed by atoms with van der Waals surface area (Å²) >= 11 is 0. The van der Waals surface area contributed by atoms with Gasteiger partial charge in [0, 0.05) is 38.1 Å². The zero-order valence-electron chi connectivity index (χ0n) is 12.6. The first-order valence-corrected chi connectivity index (χ1v) is 8.12. The van der Waals surface area contributed by atoms with Crippen LogP contribution in [0.2, 0.25) is 0 Å². The summed E-state index contributed by atoms with van der Waals surface area (Å²) in [5.74, 6) is 0.227. The third kappa shape index (κ3) is 2.44. The van der Waals surface area contributed by atoms with Crippen molar-refractivity contribution >= 4 is 0 Å². The SMILES string of the molecule is Fc1ccc([C@H]2C[C@@H](N3CCNCC3)c3ccccc32)cc1. The minimum Gasteiger partial charge on any atom is -0.314 e. The van der Waals surface area contributed by atoms with Gasteiger partial charge in [-0.1, -0.05) is 36.4 Å². The van der Waals surface area contributed by atoms with Gasteiger partial charge in [-0.05, 0) is 35.2 Å². The Balaban J connectivity index is 1.68. The maximum absolute atomic E-state index is 13.2. The molecule has 1 N–H and O–H groups in total. The Morgan fingerprint density at radius 1 is 0.909 bits per heavy atom. The molecule has 0 spiro atoms. The first-order valence-electron chi connectivity index (χ1n) is 8.12. The highest BCUT2D eigenvalue weighted by molar-refractivity contribution is 5.44. The highest BCUT2D eigenvalue weighted by atomic mass is 19.1. The predicted molar refractivity (Wildman–Crippen MR) is 86.5 cm³/mol. The molecular formula is C19H21FN2. The van der Waals surface area contributed by atoms with Crippen molar-refractivity contribution in [2.24, 2.45) is 0 Å². The van der Waals surface area contributed by atoms with Crippen molar-refractivity contribution in [3.63, 3.8) is 0 Å². The maximum Gasteiger partial charge on any atom is 0.123 e. The zero-order valence-corrected chi connectivity index (χ0v) is 12.6. The van der Waals surface area contributed by atoms with E-state index in [1.54, 1.807) is 12.1 Å². The van der Waals surface area contributed by atoms with Crippen LogP contribution in [-0.4, -0.2) is 31.1 Å². The maximum atomic E-state index is 13.2. The summed E-state index contributed by atoms with van der Waals surface area (Å²) in [6, 6.07) is 16.3. The second-order valence-corrected chi connectivity index (χ2v) is 6.27. The van der Waals surface area contributed by atoms with Gasteiger partial charge in [0.2, 0.25) is 0 Å². The van der Waals surface area contributed by atoms with E-state index in [4.69, 9.17) is 0 Å². The van der Waals surface area contributed by atoms with Gasteiger partial charge in [-0.25, -0.2) is 4.39 Å². The summed E-state index contributed by atoms with van der Waals surface area (Å²) < 4.78 is 13.2. The number of hydrogen-bond donors (Lipinski definition) is 1. The lowest BCUT2D eigenvalue weighted by Crippen LogP contribution is -2.44. The lowest BCUT2D eigenvalue weighted by molar-refractivity contribution is 0.171. The summed E-state index contributed by atoms with van der Waals surface area (Å²) in [6.07, 6.45) is 1.10. The van der Waals surface area contributed by atoms with Crippen molar-refractivity contribution in [1.82, 2.24) is 10.2 Å². The van der Waals surface area contributed by atoms with Crippen LogP contribution in [0.3, 0.4) is 0 Å². The molecule has 0 amide bonds. The molecule has 1 aliphatic heterocycles. The molecule has 1 saturated heterocycles. The van der Waals surface area contributed by atoms with Gasteiger partial charge in [0.05, 0.1) is 0 Å². The number of benzene rings is 2. The third-order valence-corrected chi connectivity index (χ3v) is 5.05. The molecule has 3 heteroatoms. The fourth-order valence-corrected chi connectivity index (χ4v) is 3.96. The molecule has 114 valence electrons. The number of fused-ring (bicyclic) bond motifs is 1. The topological polar surface area (TPSA) is 15.3 Å². The Labute approximate surface area is 131 Å². The number of rotatable bonds is 2. The predicted octanol–water partition coefficient (Wildman–Crippen LogP) is 3.31. The van der Waals surface area contributed by atoms with Crippen LogP contribution >= 0.6 is 0 Å². The number of halogens is 1. The standard InChI is InChI=1S/C19H21FN2/c20-15-7-5-14(6-8-15)18-13-19(22-11-9-21-10-12-22)17-4-2-1-3-16(17)18/h1-8,18-19,21H,9-13H2/t18-,19-/m1/s1. The normalized spacial score (nSPS) is 25.1. The second-order valence-electron chi connectivity index (χ2n) is 6.27. The lowest BCUT2D eigenvalue weighted by Gasteiger charge is -2.33. The number of piperazine rings is 1. The van der Waals surface area contributed by atoms with E-state index in [0.717, 1.165) is 32.6 Å². The van der Waals surface area contributed by atoms with Crippen LogP contribution in [0.4, 0.5) is 4.39 Å². The molecule has 0 aromatic heterocycles. The summed E-state index contributed by atoms with van der Waals surface area (Å²) in [5.41, 5.74) is 4.10. The Kier molecular flexibility index (Phi) is 3.68. The first-order chi connectivity index (χ1) is 10.8. The molecule has 22 heavy (non-hydrogen) atoms. The molecule has 2 aromatic carbocycles. The van der Waals surface area contributed by atoms with Crippen LogP contribution in [0.15, 0.2) is 48.5 Å². The summed E-state index contributed by atoms with van der Waals surface area (Å²) in [6.45, 7) is 4.35. The van der Waals surface area contributed by atoms with Crippen LogP contribution in [0.25, 0.3) is 0 Å². The van der Waals surface area contributed by atoms with Crippen molar-refractivity contribution in [3.8, 4) is 0 Å². The minimum absolute atomic E-state index is 0.159. The van der Waals surface area contributed by atoms with Gasteiger partial charge in [0.1, 0.15) is 5.82 Å². The summed E-state index contributed by atoms with van der Waals surface area (Å²) in [5, 5.41) is 3.43. The van der Waals surface area contributed by atoms with Crippen LogP contribution in [0.1, 0.15) is 35.1 Å². The molecule has 2 nitrogen and oxygen atoms in total. The van der Waals surface area contributed by atoms with Crippen LogP contribution in [0, 0.1) is 5.82 Å². The molecule has 0 bridgehead atoms. The lowest BCUT2D eigenvalue weighted by atomic mass is 9.93. The third-order valence-electron chi connectivity index (χ3n) is 5.05. The van der Waals surface area contributed by atoms with Crippen molar-refractivity contribution in [1.29, 1.82) is 0 Å². The quantitative estimate of drug-likeness (QED) is 0.914. The van der Waals surface area contributed by atoms with E-state index in [2.05, 4.69) is 34.5 Å². The Morgan fingerprint density at radius 3 is 2.32 bits per heavy atom. The molecule has 0 radical (unpaired) electrons. The first kappa shape index (κ1) is 13.9. The molecule has 1 heterocycles. The van der Waals surface area contributed by atoms with E-state index < -0.39 is 0 Å². The number of hydrogen-bond acceptors (Lipinski definition) is 2. The van der Waals surface area contributed by atoms with Gasteiger partial charge >= 0.3 is 0 Å².